The van der Waals surface area contributed by atoms with Gasteiger partial charge in [-0.1, -0.05) is 12.1 Å². The zero-order valence-corrected chi connectivity index (χ0v) is 17.6. The van der Waals surface area contributed by atoms with Gasteiger partial charge in [0.05, 0.1) is 25.9 Å². The molecule has 0 fully saturated rings. The molecule has 1 aliphatic heterocycles. The molecule has 3 aromatic rings. The molecule has 0 radical (unpaired) electrons. The van der Waals surface area contributed by atoms with Gasteiger partial charge in [0.1, 0.15) is 11.6 Å². The minimum Gasteiger partial charge on any atom is -0.453 e. The van der Waals surface area contributed by atoms with Crippen LogP contribution in [0.2, 0.25) is 0 Å². The van der Waals surface area contributed by atoms with Crippen LogP contribution in [0.3, 0.4) is 0 Å². The van der Waals surface area contributed by atoms with E-state index >= 15 is 0 Å². The number of nitrogens with one attached hydrogen (secondary N) is 2. The van der Waals surface area contributed by atoms with Gasteiger partial charge in [-0.25, -0.2) is 14.2 Å². The number of methoxy groups -OCH3 is 1. The molecule has 164 valence electrons. The van der Waals surface area contributed by atoms with Crippen molar-refractivity contribution < 1.29 is 23.5 Å². The summed E-state index contributed by atoms with van der Waals surface area (Å²) < 4.78 is 18.2. The molecule has 1 aliphatic rings. The number of halogens is 1. The number of ether oxygens (including phenoxy) is 1. The van der Waals surface area contributed by atoms with Crippen LogP contribution in [0, 0.1) is 5.82 Å². The highest BCUT2D eigenvalue weighted by Gasteiger charge is 2.32. The molecule has 4 rings (SSSR count). The number of aromatic nitrogens is 2. The standard InChI is InChI=1S/C23H21FN4O4/c1-13(29)26-20-10-15(7-8-25-20)22-17(9-14-3-5-16(24)6-4-14)21-18(27-22)11-28(12-19(21)30)23(31)32-2/h3-8,10,27H,9,11-12H2,1-2H3,(H,25,26,29). The van der Waals surface area contributed by atoms with Gasteiger partial charge in [-0.05, 0) is 35.4 Å². The summed E-state index contributed by atoms with van der Waals surface area (Å²) in [7, 11) is 1.27. The highest BCUT2D eigenvalue weighted by Crippen LogP contribution is 2.34. The van der Waals surface area contributed by atoms with Crippen LogP contribution in [0.15, 0.2) is 42.6 Å². The van der Waals surface area contributed by atoms with Gasteiger partial charge < -0.3 is 15.0 Å². The van der Waals surface area contributed by atoms with Gasteiger partial charge in [-0.15, -0.1) is 0 Å². The number of amides is 2. The van der Waals surface area contributed by atoms with Crippen molar-refractivity contribution in [1.29, 1.82) is 0 Å². The number of nitrogens with zero attached hydrogens (tertiary/aromatic N) is 2. The van der Waals surface area contributed by atoms with Crippen molar-refractivity contribution in [2.75, 3.05) is 19.0 Å². The molecule has 8 nitrogen and oxygen atoms in total. The van der Waals surface area contributed by atoms with Crippen molar-refractivity contribution >= 4 is 23.6 Å². The Hall–Kier alpha value is -4.01. The number of fused-ring (bicyclic) bond motifs is 1. The lowest BCUT2D eigenvalue weighted by Gasteiger charge is -2.25. The van der Waals surface area contributed by atoms with Gasteiger partial charge in [0, 0.05) is 36.4 Å². The Morgan fingerprint density at radius 3 is 2.66 bits per heavy atom. The maximum absolute atomic E-state index is 13.4. The summed E-state index contributed by atoms with van der Waals surface area (Å²) in [4.78, 5) is 45.2. The van der Waals surface area contributed by atoms with Gasteiger partial charge >= 0.3 is 6.09 Å². The number of ketones is 1. The smallest absolute Gasteiger partial charge is 0.410 e. The van der Waals surface area contributed by atoms with Crippen molar-refractivity contribution in [1.82, 2.24) is 14.9 Å². The SMILES string of the molecule is COC(=O)N1CC(=O)c2c([nH]c(-c3ccnc(NC(C)=O)c3)c2Cc2ccc(F)cc2)C1. The Labute approximate surface area is 183 Å². The molecular weight excluding hydrogens is 415 g/mol. The van der Waals surface area contributed by atoms with Crippen LogP contribution in [0.25, 0.3) is 11.3 Å². The van der Waals surface area contributed by atoms with E-state index in [-0.39, 0.29) is 30.6 Å². The van der Waals surface area contributed by atoms with Gasteiger partial charge in [0.25, 0.3) is 0 Å². The molecule has 0 unspecified atom stereocenters. The lowest BCUT2D eigenvalue weighted by Crippen LogP contribution is -2.39. The number of hydrogen-bond acceptors (Lipinski definition) is 5. The molecule has 0 saturated carbocycles. The molecule has 0 spiro atoms. The number of benzene rings is 1. The van der Waals surface area contributed by atoms with E-state index in [1.807, 2.05) is 0 Å². The highest BCUT2D eigenvalue weighted by atomic mass is 19.1. The second kappa shape index (κ2) is 8.62. The maximum Gasteiger partial charge on any atom is 0.410 e. The second-order valence-corrected chi connectivity index (χ2v) is 7.50. The Bertz CT molecular complexity index is 1200. The predicted octanol–water partition coefficient (Wildman–Crippen LogP) is 3.53. The van der Waals surface area contributed by atoms with E-state index in [0.29, 0.717) is 34.8 Å². The fraction of sp³-hybridized carbons (Fsp3) is 0.217. The molecule has 9 heteroatoms. The second-order valence-electron chi connectivity index (χ2n) is 7.50. The summed E-state index contributed by atoms with van der Waals surface area (Å²) >= 11 is 0. The minimum absolute atomic E-state index is 0.0964. The van der Waals surface area contributed by atoms with Gasteiger partial charge in [-0.3, -0.25) is 14.5 Å². The molecule has 2 N–H and O–H groups in total. The number of anilines is 1. The number of carbonyl (C=O) groups is 3. The zero-order valence-electron chi connectivity index (χ0n) is 17.6. The van der Waals surface area contributed by atoms with Crippen molar-refractivity contribution in [3.05, 3.63) is 70.8 Å². The average molecular weight is 436 g/mol. The van der Waals surface area contributed by atoms with Gasteiger partial charge in [-0.2, -0.15) is 0 Å². The molecule has 0 atom stereocenters. The third-order valence-corrected chi connectivity index (χ3v) is 5.22. The molecule has 0 saturated heterocycles. The molecule has 2 aromatic heterocycles. The van der Waals surface area contributed by atoms with Crippen LogP contribution in [0.4, 0.5) is 15.0 Å². The molecule has 0 bridgehead atoms. The van der Waals surface area contributed by atoms with Crippen LogP contribution in [-0.2, 0) is 22.5 Å². The maximum atomic E-state index is 13.4. The van der Waals surface area contributed by atoms with E-state index < -0.39 is 6.09 Å². The highest BCUT2D eigenvalue weighted by molar-refractivity contribution is 6.04. The number of pyridine rings is 1. The molecule has 1 aromatic carbocycles. The number of hydrogen-bond donors (Lipinski definition) is 2. The van der Waals surface area contributed by atoms with Crippen molar-refractivity contribution in [2.45, 2.75) is 19.9 Å². The van der Waals surface area contributed by atoms with Crippen LogP contribution in [-0.4, -0.2) is 46.3 Å². The van der Waals surface area contributed by atoms with Crippen LogP contribution in [0.5, 0.6) is 0 Å². The first-order valence-electron chi connectivity index (χ1n) is 9.94. The van der Waals surface area contributed by atoms with E-state index in [9.17, 15) is 18.8 Å². The molecule has 0 aliphatic carbocycles. The largest absolute Gasteiger partial charge is 0.453 e. The van der Waals surface area contributed by atoms with Gasteiger partial charge in [0.15, 0.2) is 5.78 Å². The van der Waals surface area contributed by atoms with Crippen molar-refractivity contribution in [2.24, 2.45) is 0 Å². The molecule has 3 heterocycles. The number of H-pyrrole nitrogens is 1. The third kappa shape index (κ3) is 4.22. The topological polar surface area (TPSA) is 104 Å². The summed E-state index contributed by atoms with van der Waals surface area (Å²) in [5, 5.41) is 2.65. The fourth-order valence-corrected chi connectivity index (χ4v) is 3.87. The van der Waals surface area contributed by atoms with Crippen molar-refractivity contribution in [3.63, 3.8) is 0 Å². The van der Waals surface area contributed by atoms with E-state index in [1.165, 1.54) is 31.1 Å². The Kier molecular flexibility index (Phi) is 5.72. The number of aromatic amines is 1. The normalized spacial score (nSPS) is 13.0. The first kappa shape index (κ1) is 21.2. The lowest BCUT2D eigenvalue weighted by atomic mass is 9.93. The van der Waals surface area contributed by atoms with E-state index in [1.54, 1.807) is 30.5 Å². The summed E-state index contributed by atoms with van der Waals surface area (Å²) in [6.45, 7) is 1.48. The van der Waals surface area contributed by atoms with E-state index in [2.05, 4.69) is 15.3 Å². The Morgan fingerprint density at radius 1 is 1.22 bits per heavy atom. The predicted molar refractivity (Wildman–Crippen MR) is 115 cm³/mol. The summed E-state index contributed by atoms with van der Waals surface area (Å²) in [5.41, 5.74) is 4.06. The third-order valence-electron chi connectivity index (χ3n) is 5.22. The fourth-order valence-electron chi connectivity index (χ4n) is 3.87. The summed E-state index contributed by atoms with van der Waals surface area (Å²) in [6, 6.07) is 9.55. The first-order valence-corrected chi connectivity index (χ1v) is 9.94. The molecule has 32 heavy (non-hydrogen) atoms. The number of Topliss-reactive ketones (excluding diaryl/α,β-unsaturated/α-hetero) is 1. The molecule has 2 amide bonds. The quantitative estimate of drug-likeness (QED) is 0.651. The molecular formula is C23H21FN4O4. The van der Waals surface area contributed by atoms with E-state index in [4.69, 9.17) is 4.74 Å². The van der Waals surface area contributed by atoms with Crippen LogP contribution >= 0.6 is 0 Å². The van der Waals surface area contributed by atoms with Crippen molar-refractivity contribution in [3.8, 4) is 11.3 Å². The van der Waals surface area contributed by atoms with Gasteiger partial charge in [0.2, 0.25) is 5.91 Å². The first-order chi connectivity index (χ1) is 15.4. The van der Waals surface area contributed by atoms with E-state index in [0.717, 1.165) is 11.1 Å². The Balaban J connectivity index is 1.82. The lowest BCUT2D eigenvalue weighted by molar-refractivity contribution is -0.114. The Morgan fingerprint density at radius 2 is 1.97 bits per heavy atom. The minimum atomic E-state index is -0.586. The average Bonchev–Trinajstić information content (AvgIpc) is 3.13. The zero-order chi connectivity index (χ0) is 22.8. The van der Waals surface area contributed by atoms with Crippen LogP contribution < -0.4 is 5.32 Å². The number of carbonyl (C=O) groups excluding carboxylic acids is 3. The summed E-state index contributed by atoms with van der Waals surface area (Å²) in [5.74, 6) is -0.440. The number of rotatable bonds is 4. The summed E-state index contributed by atoms with van der Waals surface area (Å²) in [6.07, 6.45) is 1.35. The monoisotopic (exact) mass is 436 g/mol. The van der Waals surface area contributed by atoms with Crippen LogP contribution in [0.1, 0.15) is 34.1 Å².